The van der Waals surface area contributed by atoms with Crippen molar-refractivity contribution in [3.05, 3.63) is 47.5 Å². The summed E-state index contributed by atoms with van der Waals surface area (Å²) < 4.78 is 0. The molecule has 0 saturated heterocycles. The van der Waals surface area contributed by atoms with E-state index in [2.05, 4.69) is 37.8 Å². The number of hydrogen-bond acceptors (Lipinski definition) is 0. The third-order valence-corrected chi connectivity index (χ3v) is 1.91. The summed E-state index contributed by atoms with van der Waals surface area (Å²) in [5.74, 6) is 0. The zero-order valence-corrected chi connectivity index (χ0v) is 7.67. The molecule has 0 amide bonds. The SMILES string of the molecule is C.C=Cc1c(C)cccc1/C=C\C. The van der Waals surface area contributed by atoms with Crippen LogP contribution < -0.4 is 0 Å². The third-order valence-electron chi connectivity index (χ3n) is 1.91. The van der Waals surface area contributed by atoms with Gasteiger partial charge in [0.1, 0.15) is 0 Å². The molecule has 0 nitrogen and oxygen atoms in total. The molecule has 0 bridgehead atoms. The monoisotopic (exact) mass is 174 g/mol. The van der Waals surface area contributed by atoms with Crippen LogP contribution in [0.25, 0.3) is 12.2 Å². The highest BCUT2D eigenvalue weighted by atomic mass is 14.0. The van der Waals surface area contributed by atoms with Crippen LogP contribution in [0.4, 0.5) is 0 Å². The van der Waals surface area contributed by atoms with Crippen LogP contribution in [0, 0.1) is 6.92 Å². The Balaban J connectivity index is 0.00000144. The Morgan fingerprint density at radius 1 is 1.31 bits per heavy atom. The Morgan fingerprint density at radius 3 is 2.54 bits per heavy atom. The fraction of sp³-hybridized carbons (Fsp3) is 0.231. The number of benzene rings is 1. The summed E-state index contributed by atoms with van der Waals surface area (Å²) in [6.45, 7) is 7.93. The van der Waals surface area contributed by atoms with Crippen LogP contribution in [0.1, 0.15) is 31.0 Å². The molecule has 1 rings (SSSR count). The maximum atomic E-state index is 3.80. The van der Waals surface area contributed by atoms with Gasteiger partial charge in [0.15, 0.2) is 0 Å². The lowest BCUT2D eigenvalue weighted by molar-refractivity contribution is 1.43. The molecule has 0 spiro atoms. The minimum Gasteiger partial charge on any atom is -0.0984 e. The molecular weight excluding hydrogens is 156 g/mol. The highest BCUT2D eigenvalue weighted by Crippen LogP contribution is 2.16. The van der Waals surface area contributed by atoms with Gasteiger partial charge in [0.25, 0.3) is 0 Å². The summed E-state index contributed by atoms with van der Waals surface area (Å²) in [5.41, 5.74) is 3.75. The van der Waals surface area contributed by atoms with E-state index in [-0.39, 0.29) is 7.43 Å². The fourth-order valence-corrected chi connectivity index (χ4v) is 1.31. The van der Waals surface area contributed by atoms with Gasteiger partial charge in [-0.3, -0.25) is 0 Å². The average Bonchev–Trinajstić information content (AvgIpc) is 2.05. The van der Waals surface area contributed by atoms with Crippen molar-refractivity contribution >= 4 is 12.2 Å². The second-order valence-electron chi connectivity index (χ2n) is 2.78. The van der Waals surface area contributed by atoms with E-state index >= 15 is 0 Å². The van der Waals surface area contributed by atoms with Crippen LogP contribution in [-0.4, -0.2) is 0 Å². The Hall–Kier alpha value is -1.30. The fourth-order valence-electron chi connectivity index (χ4n) is 1.31. The van der Waals surface area contributed by atoms with E-state index in [0.29, 0.717) is 0 Å². The van der Waals surface area contributed by atoms with Crippen LogP contribution in [0.3, 0.4) is 0 Å². The molecule has 0 heteroatoms. The minimum absolute atomic E-state index is 0. The summed E-state index contributed by atoms with van der Waals surface area (Å²) in [4.78, 5) is 0. The van der Waals surface area contributed by atoms with E-state index in [9.17, 15) is 0 Å². The minimum atomic E-state index is 0. The second-order valence-corrected chi connectivity index (χ2v) is 2.78. The largest absolute Gasteiger partial charge is 0.0984 e. The smallest absolute Gasteiger partial charge is 0.0161 e. The maximum absolute atomic E-state index is 3.80. The van der Waals surface area contributed by atoms with Gasteiger partial charge in [-0.25, -0.2) is 0 Å². The Bertz CT molecular complexity index is 306. The van der Waals surface area contributed by atoms with Crippen molar-refractivity contribution in [1.82, 2.24) is 0 Å². The molecule has 0 fully saturated rings. The summed E-state index contributed by atoms with van der Waals surface area (Å²) in [6.07, 6.45) is 6.05. The van der Waals surface area contributed by atoms with Gasteiger partial charge < -0.3 is 0 Å². The first-order valence-electron chi connectivity index (χ1n) is 4.14. The number of hydrogen-bond donors (Lipinski definition) is 0. The van der Waals surface area contributed by atoms with Gasteiger partial charge in [0.05, 0.1) is 0 Å². The zero-order valence-electron chi connectivity index (χ0n) is 7.67. The Kier molecular flexibility index (Phi) is 4.83. The number of aryl methyl sites for hydroxylation is 1. The van der Waals surface area contributed by atoms with Crippen LogP contribution in [-0.2, 0) is 0 Å². The standard InChI is InChI=1S/C12H14.CH4/c1-4-7-11-9-6-8-10(3)12(11)5-2;/h4-9H,2H2,1,3H3;1H4/b7-4-;. The normalized spacial score (nSPS) is 9.69. The predicted octanol–water partition coefficient (Wildman–Crippen LogP) is 4.31. The second kappa shape index (κ2) is 5.36. The van der Waals surface area contributed by atoms with Crippen molar-refractivity contribution in [2.45, 2.75) is 21.3 Å². The molecule has 0 saturated carbocycles. The molecule has 0 heterocycles. The molecular formula is C13H18. The van der Waals surface area contributed by atoms with E-state index in [0.717, 1.165) is 0 Å². The predicted molar refractivity (Wildman–Crippen MR) is 62.7 cm³/mol. The number of rotatable bonds is 2. The van der Waals surface area contributed by atoms with Gasteiger partial charge in [-0.1, -0.05) is 50.4 Å². The molecule has 1 aromatic rings. The quantitative estimate of drug-likeness (QED) is 0.626. The van der Waals surface area contributed by atoms with Crippen LogP contribution in [0.5, 0.6) is 0 Å². The topological polar surface area (TPSA) is 0 Å². The number of allylic oxidation sites excluding steroid dienone is 1. The van der Waals surface area contributed by atoms with E-state index in [4.69, 9.17) is 0 Å². The molecule has 0 radical (unpaired) electrons. The van der Waals surface area contributed by atoms with Crippen molar-refractivity contribution in [1.29, 1.82) is 0 Å². The first kappa shape index (κ1) is 11.7. The van der Waals surface area contributed by atoms with E-state index in [1.165, 1.54) is 16.7 Å². The summed E-state index contributed by atoms with van der Waals surface area (Å²) in [7, 11) is 0. The van der Waals surface area contributed by atoms with Gasteiger partial charge in [0, 0.05) is 0 Å². The Morgan fingerprint density at radius 2 is 2.00 bits per heavy atom. The average molecular weight is 174 g/mol. The van der Waals surface area contributed by atoms with Crippen molar-refractivity contribution in [3.63, 3.8) is 0 Å². The van der Waals surface area contributed by atoms with Crippen molar-refractivity contribution in [3.8, 4) is 0 Å². The summed E-state index contributed by atoms with van der Waals surface area (Å²) in [6, 6.07) is 6.27. The molecule has 0 aliphatic heterocycles. The molecule has 0 N–H and O–H groups in total. The first-order valence-corrected chi connectivity index (χ1v) is 4.14. The van der Waals surface area contributed by atoms with Gasteiger partial charge >= 0.3 is 0 Å². The highest BCUT2D eigenvalue weighted by Gasteiger charge is 1.96. The molecule has 70 valence electrons. The van der Waals surface area contributed by atoms with Gasteiger partial charge in [-0.2, -0.15) is 0 Å². The summed E-state index contributed by atoms with van der Waals surface area (Å²) >= 11 is 0. The highest BCUT2D eigenvalue weighted by molar-refractivity contribution is 5.66. The third kappa shape index (κ3) is 2.59. The maximum Gasteiger partial charge on any atom is -0.0161 e. The van der Waals surface area contributed by atoms with Gasteiger partial charge in [-0.05, 0) is 30.5 Å². The molecule has 0 aliphatic rings. The molecule has 1 aromatic carbocycles. The van der Waals surface area contributed by atoms with Crippen molar-refractivity contribution < 1.29 is 0 Å². The Labute approximate surface area is 81.6 Å². The van der Waals surface area contributed by atoms with Crippen molar-refractivity contribution in [2.75, 3.05) is 0 Å². The molecule has 0 aromatic heterocycles. The van der Waals surface area contributed by atoms with E-state index in [1.54, 1.807) is 0 Å². The van der Waals surface area contributed by atoms with E-state index in [1.807, 2.05) is 19.1 Å². The summed E-state index contributed by atoms with van der Waals surface area (Å²) in [5, 5.41) is 0. The van der Waals surface area contributed by atoms with Crippen molar-refractivity contribution in [2.24, 2.45) is 0 Å². The van der Waals surface area contributed by atoms with Crippen LogP contribution in [0.15, 0.2) is 30.9 Å². The molecule has 0 atom stereocenters. The lowest BCUT2D eigenvalue weighted by Gasteiger charge is -2.03. The zero-order chi connectivity index (χ0) is 8.97. The lowest BCUT2D eigenvalue weighted by atomic mass is 10.0. The van der Waals surface area contributed by atoms with E-state index < -0.39 is 0 Å². The lowest BCUT2D eigenvalue weighted by Crippen LogP contribution is -1.84. The molecule has 0 aliphatic carbocycles. The van der Waals surface area contributed by atoms with Gasteiger partial charge in [0.2, 0.25) is 0 Å². The first-order chi connectivity index (χ1) is 5.79. The van der Waals surface area contributed by atoms with Gasteiger partial charge in [-0.15, -0.1) is 0 Å². The van der Waals surface area contributed by atoms with Crippen LogP contribution in [0.2, 0.25) is 0 Å². The van der Waals surface area contributed by atoms with Crippen LogP contribution >= 0.6 is 0 Å². The molecule has 13 heavy (non-hydrogen) atoms. The molecule has 0 unspecified atom stereocenters.